The van der Waals surface area contributed by atoms with E-state index in [-0.39, 0.29) is 5.91 Å². The summed E-state index contributed by atoms with van der Waals surface area (Å²) >= 11 is 5.94. The molecule has 3 nitrogen and oxygen atoms in total. The molecule has 0 spiro atoms. The maximum absolute atomic E-state index is 12.4. The fourth-order valence-corrected chi connectivity index (χ4v) is 2.82. The molecule has 4 heteroatoms. The minimum Gasteiger partial charge on any atom is -0.373 e. The predicted octanol–water partition coefficient (Wildman–Crippen LogP) is 3.37. The summed E-state index contributed by atoms with van der Waals surface area (Å²) in [6, 6.07) is 14.9. The normalized spacial score (nSPS) is 17.8. The number of nitrogens with zero attached hydrogens (tertiary/aromatic N) is 1. The van der Waals surface area contributed by atoms with Crippen LogP contribution in [0.5, 0.6) is 0 Å². The van der Waals surface area contributed by atoms with Gasteiger partial charge in [-0.2, -0.15) is 0 Å². The minimum absolute atomic E-state index is 0.134. The van der Waals surface area contributed by atoms with Crippen LogP contribution < -0.4 is 0 Å². The Balaban J connectivity index is 1.74. The molecule has 0 fully saturated rings. The fourth-order valence-electron chi connectivity index (χ4n) is 2.62. The molecule has 0 radical (unpaired) electrons. The molecule has 1 aliphatic heterocycles. The lowest BCUT2D eigenvalue weighted by molar-refractivity contribution is 0.00833. The Labute approximate surface area is 134 Å². The Hall–Kier alpha value is -2.10. The highest BCUT2D eigenvalue weighted by Gasteiger charge is 2.29. The van der Waals surface area contributed by atoms with Gasteiger partial charge in [-0.3, -0.25) is 4.79 Å². The second kappa shape index (κ2) is 6.34. The number of fused-ring (bicyclic) bond motifs is 1. The van der Waals surface area contributed by atoms with Gasteiger partial charge in [0.05, 0.1) is 0 Å². The summed E-state index contributed by atoms with van der Waals surface area (Å²) in [7, 11) is 0. The lowest BCUT2D eigenvalue weighted by Gasteiger charge is -2.32. The molecule has 1 unspecified atom stereocenters. The average Bonchev–Trinajstić information content (AvgIpc) is 2.51. The third-order valence-corrected chi connectivity index (χ3v) is 3.97. The van der Waals surface area contributed by atoms with Crippen molar-refractivity contribution in [2.75, 3.05) is 6.54 Å². The van der Waals surface area contributed by atoms with Crippen molar-refractivity contribution >= 4 is 23.6 Å². The summed E-state index contributed by atoms with van der Waals surface area (Å²) in [6.07, 6.45) is 3.44. The van der Waals surface area contributed by atoms with Gasteiger partial charge in [-0.1, -0.05) is 54.1 Å². The van der Waals surface area contributed by atoms with Crippen LogP contribution in [0.15, 0.2) is 54.6 Å². The van der Waals surface area contributed by atoms with Gasteiger partial charge in [0, 0.05) is 23.6 Å². The van der Waals surface area contributed by atoms with E-state index in [4.69, 9.17) is 11.6 Å². The van der Waals surface area contributed by atoms with Crippen molar-refractivity contribution in [3.8, 4) is 0 Å². The molecule has 0 aliphatic carbocycles. The van der Waals surface area contributed by atoms with Gasteiger partial charge in [0.1, 0.15) is 6.23 Å². The number of hydrogen-bond donors (Lipinski definition) is 1. The first kappa shape index (κ1) is 14.8. The van der Waals surface area contributed by atoms with Crippen molar-refractivity contribution in [1.82, 2.24) is 4.90 Å². The summed E-state index contributed by atoms with van der Waals surface area (Å²) < 4.78 is 0. The molecule has 1 N–H and O–H groups in total. The molecule has 1 amide bonds. The topological polar surface area (TPSA) is 40.5 Å². The van der Waals surface area contributed by atoms with Crippen LogP contribution in [0.3, 0.4) is 0 Å². The smallest absolute Gasteiger partial charge is 0.256 e. The zero-order valence-electron chi connectivity index (χ0n) is 11.9. The number of aliphatic hydroxyl groups excluding tert-OH is 1. The van der Waals surface area contributed by atoms with Crippen molar-refractivity contribution in [1.29, 1.82) is 0 Å². The first-order valence-corrected chi connectivity index (χ1v) is 7.52. The van der Waals surface area contributed by atoms with E-state index >= 15 is 0 Å². The summed E-state index contributed by atoms with van der Waals surface area (Å²) in [6.45, 7) is 0.362. The van der Waals surface area contributed by atoms with Crippen LogP contribution in [0.2, 0.25) is 5.02 Å². The highest BCUT2D eigenvalue weighted by Crippen LogP contribution is 2.22. The zero-order chi connectivity index (χ0) is 15.5. The molecule has 0 saturated carbocycles. The van der Waals surface area contributed by atoms with Gasteiger partial charge < -0.3 is 10.0 Å². The van der Waals surface area contributed by atoms with Crippen molar-refractivity contribution in [2.45, 2.75) is 12.6 Å². The molecule has 112 valence electrons. The van der Waals surface area contributed by atoms with E-state index < -0.39 is 6.23 Å². The molecule has 1 aliphatic rings. The maximum Gasteiger partial charge on any atom is 0.256 e. The van der Waals surface area contributed by atoms with E-state index in [1.807, 2.05) is 54.6 Å². The largest absolute Gasteiger partial charge is 0.373 e. The Morgan fingerprint density at radius 3 is 2.86 bits per heavy atom. The van der Waals surface area contributed by atoms with Crippen molar-refractivity contribution in [3.05, 3.63) is 76.3 Å². The van der Waals surface area contributed by atoms with E-state index in [0.717, 1.165) is 11.1 Å². The van der Waals surface area contributed by atoms with E-state index in [9.17, 15) is 9.90 Å². The van der Waals surface area contributed by atoms with Gasteiger partial charge in [0.25, 0.3) is 5.91 Å². The summed E-state index contributed by atoms with van der Waals surface area (Å²) in [5.74, 6) is -0.134. The number of amides is 1. The number of carbonyl (C=O) groups excluding carboxylic acids is 1. The number of carbonyl (C=O) groups is 1. The van der Waals surface area contributed by atoms with E-state index in [1.54, 1.807) is 6.07 Å². The zero-order valence-corrected chi connectivity index (χ0v) is 12.7. The molecule has 1 heterocycles. The van der Waals surface area contributed by atoms with Crippen LogP contribution in [0.4, 0.5) is 0 Å². The third-order valence-electron chi connectivity index (χ3n) is 3.73. The SMILES string of the molecule is O=C1c2ccccc2CC(O)N1C/C=C/c1cccc(Cl)c1. The van der Waals surface area contributed by atoms with Gasteiger partial charge in [-0.15, -0.1) is 0 Å². The first-order valence-electron chi connectivity index (χ1n) is 7.14. The standard InChI is InChI=1S/C18H16ClNO2/c19-15-8-3-5-13(11-15)6-4-10-20-17(21)12-14-7-1-2-9-16(14)18(20)22/h1-9,11,17,21H,10,12H2/b6-4+. The quantitative estimate of drug-likeness (QED) is 0.944. The van der Waals surface area contributed by atoms with Crippen molar-refractivity contribution < 1.29 is 9.90 Å². The molecular weight excluding hydrogens is 298 g/mol. The first-order chi connectivity index (χ1) is 10.6. The highest BCUT2D eigenvalue weighted by atomic mass is 35.5. The second-order valence-electron chi connectivity index (χ2n) is 5.26. The average molecular weight is 314 g/mol. The molecule has 0 saturated heterocycles. The minimum atomic E-state index is -0.786. The van der Waals surface area contributed by atoms with Crippen LogP contribution in [0, 0.1) is 0 Å². The molecule has 2 aromatic rings. The molecule has 2 aromatic carbocycles. The van der Waals surface area contributed by atoms with Crippen LogP contribution in [0.1, 0.15) is 21.5 Å². The van der Waals surface area contributed by atoms with Crippen LogP contribution in [-0.4, -0.2) is 28.7 Å². The summed E-state index contributed by atoms with van der Waals surface area (Å²) in [5.41, 5.74) is 2.53. The summed E-state index contributed by atoms with van der Waals surface area (Å²) in [4.78, 5) is 13.9. The second-order valence-corrected chi connectivity index (χ2v) is 5.69. The van der Waals surface area contributed by atoms with E-state index in [2.05, 4.69) is 0 Å². The highest BCUT2D eigenvalue weighted by molar-refractivity contribution is 6.30. The molecule has 1 atom stereocenters. The molecule has 3 rings (SSSR count). The monoisotopic (exact) mass is 313 g/mol. The Bertz CT molecular complexity index is 727. The molecule has 0 aromatic heterocycles. The van der Waals surface area contributed by atoms with E-state index in [0.29, 0.717) is 23.6 Å². The molecule has 0 bridgehead atoms. The Morgan fingerprint density at radius 1 is 1.23 bits per heavy atom. The summed E-state index contributed by atoms with van der Waals surface area (Å²) in [5, 5.41) is 10.8. The third kappa shape index (κ3) is 3.06. The Kier molecular flexibility index (Phi) is 4.27. The molecular formula is C18H16ClNO2. The number of halogens is 1. The van der Waals surface area contributed by atoms with Crippen molar-refractivity contribution in [3.63, 3.8) is 0 Å². The number of benzene rings is 2. The van der Waals surface area contributed by atoms with Gasteiger partial charge in [0.2, 0.25) is 0 Å². The van der Waals surface area contributed by atoms with Crippen LogP contribution >= 0.6 is 11.6 Å². The predicted molar refractivity (Wildman–Crippen MR) is 87.7 cm³/mol. The molecule has 22 heavy (non-hydrogen) atoms. The van der Waals surface area contributed by atoms with E-state index in [1.165, 1.54) is 4.90 Å². The van der Waals surface area contributed by atoms with Gasteiger partial charge >= 0.3 is 0 Å². The lowest BCUT2D eigenvalue weighted by Crippen LogP contribution is -2.45. The number of aliphatic hydroxyl groups is 1. The lowest BCUT2D eigenvalue weighted by atomic mass is 9.98. The van der Waals surface area contributed by atoms with Gasteiger partial charge in [-0.25, -0.2) is 0 Å². The van der Waals surface area contributed by atoms with Gasteiger partial charge in [-0.05, 0) is 29.3 Å². The number of hydrogen-bond acceptors (Lipinski definition) is 2. The van der Waals surface area contributed by atoms with Gasteiger partial charge in [0.15, 0.2) is 0 Å². The number of rotatable bonds is 3. The van der Waals surface area contributed by atoms with Crippen LogP contribution in [0.25, 0.3) is 6.08 Å². The fraction of sp³-hybridized carbons (Fsp3) is 0.167. The van der Waals surface area contributed by atoms with Crippen LogP contribution in [-0.2, 0) is 6.42 Å². The van der Waals surface area contributed by atoms with Crippen molar-refractivity contribution in [2.24, 2.45) is 0 Å². The Morgan fingerprint density at radius 2 is 2.05 bits per heavy atom. The maximum atomic E-state index is 12.4.